The van der Waals surface area contributed by atoms with Gasteiger partial charge in [0.2, 0.25) is 11.8 Å². The lowest BCUT2D eigenvalue weighted by Gasteiger charge is -2.17. The van der Waals surface area contributed by atoms with E-state index >= 15 is 0 Å². The predicted octanol–water partition coefficient (Wildman–Crippen LogP) is 5.36. The second-order valence-corrected chi connectivity index (χ2v) is 10.6. The van der Waals surface area contributed by atoms with Gasteiger partial charge in [0.25, 0.3) is 0 Å². The Morgan fingerprint density at radius 1 is 1.07 bits per heavy atom. The molecule has 1 aliphatic heterocycles. The van der Waals surface area contributed by atoms with E-state index in [9.17, 15) is 9.59 Å². The fourth-order valence-electron chi connectivity index (χ4n) is 4.85. The number of benzene rings is 3. The van der Waals surface area contributed by atoms with Gasteiger partial charge in [-0.1, -0.05) is 59.6 Å². The van der Waals surface area contributed by atoms with Crippen molar-refractivity contribution in [2.45, 2.75) is 25.3 Å². The van der Waals surface area contributed by atoms with Crippen LogP contribution in [0.2, 0.25) is 10.2 Å². The Morgan fingerprint density at radius 2 is 1.93 bits per heavy atom. The highest BCUT2D eigenvalue weighted by Gasteiger charge is 2.22. The highest BCUT2D eigenvalue weighted by atomic mass is 35.5. The third-order valence-electron chi connectivity index (χ3n) is 6.88. The number of nitrogens with zero attached hydrogens (tertiary/aromatic N) is 5. The van der Waals surface area contributed by atoms with Gasteiger partial charge in [-0.25, -0.2) is 4.98 Å². The monoisotopic (exact) mass is 598 g/mol. The fourth-order valence-corrected chi connectivity index (χ4v) is 5.28. The number of aromatic nitrogens is 6. The van der Waals surface area contributed by atoms with Crippen LogP contribution >= 0.6 is 23.2 Å². The van der Waals surface area contributed by atoms with E-state index in [1.807, 2.05) is 48.5 Å². The molecule has 0 unspecified atom stereocenters. The number of tetrazole rings is 1. The molecular weight excluding hydrogens is 575 g/mol. The maximum Gasteiger partial charge on any atom is 0.244 e. The first-order valence-electron chi connectivity index (χ1n) is 13.2. The van der Waals surface area contributed by atoms with E-state index in [4.69, 9.17) is 28.2 Å². The minimum absolute atomic E-state index is 0.00544. The van der Waals surface area contributed by atoms with Gasteiger partial charge in [0.15, 0.2) is 0 Å². The first-order chi connectivity index (χ1) is 20.4. The predicted molar refractivity (Wildman–Crippen MR) is 160 cm³/mol. The molecule has 3 N–H and O–H groups in total. The Kier molecular flexibility index (Phi) is 7.81. The van der Waals surface area contributed by atoms with Crippen molar-refractivity contribution in [2.75, 3.05) is 5.32 Å². The molecule has 1 aliphatic rings. The highest BCUT2D eigenvalue weighted by molar-refractivity contribution is 6.32. The van der Waals surface area contributed by atoms with Crippen LogP contribution in [-0.4, -0.2) is 42.0 Å². The summed E-state index contributed by atoms with van der Waals surface area (Å²) in [6.45, 7) is 0. The van der Waals surface area contributed by atoms with Gasteiger partial charge in [-0.2, -0.15) is 4.68 Å². The molecule has 0 saturated carbocycles. The van der Waals surface area contributed by atoms with Crippen molar-refractivity contribution < 1.29 is 9.59 Å². The van der Waals surface area contributed by atoms with Crippen LogP contribution in [0.25, 0.3) is 23.0 Å². The smallest absolute Gasteiger partial charge is 0.244 e. The van der Waals surface area contributed by atoms with E-state index in [0.29, 0.717) is 52.2 Å². The van der Waals surface area contributed by atoms with Gasteiger partial charge in [-0.15, -0.1) is 5.10 Å². The molecule has 1 atom stereocenters. The van der Waals surface area contributed by atoms with Crippen molar-refractivity contribution in [3.8, 4) is 16.9 Å². The van der Waals surface area contributed by atoms with Crippen molar-refractivity contribution in [1.29, 1.82) is 0 Å². The lowest BCUT2D eigenvalue weighted by atomic mass is 9.99. The molecule has 6 rings (SSSR count). The molecule has 0 fully saturated rings. The summed E-state index contributed by atoms with van der Waals surface area (Å²) in [7, 11) is 0. The van der Waals surface area contributed by atoms with E-state index < -0.39 is 6.04 Å². The lowest BCUT2D eigenvalue weighted by molar-refractivity contribution is -0.117. The molecule has 12 heteroatoms. The molecule has 0 saturated heterocycles. The largest absolute Gasteiger partial charge is 0.342 e. The maximum atomic E-state index is 13.2. The molecule has 0 bridgehead atoms. The van der Waals surface area contributed by atoms with Gasteiger partial charge >= 0.3 is 0 Å². The van der Waals surface area contributed by atoms with Crippen LogP contribution in [0.4, 0.5) is 5.69 Å². The number of H-pyrrole nitrogens is 1. The van der Waals surface area contributed by atoms with Gasteiger partial charge in [0.05, 0.1) is 11.7 Å². The van der Waals surface area contributed by atoms with Crippen molar-refractivity contribution >= 4 is 46.8 Å². The number of carbonyl (C=O) groups is 2. The molecule has 210 valence electrons. The van der Waals surface area contributed by atoms with E-state index in [1.54, 1.807) is 24.3 Å². The molecule has 0 spiro atoms. The van der Waals surface area contributed by atoms with Crippen molar-refractivity contribution in [3.63, 3.8) is 0 Å². The SMILES string of the molecule is O=C(C=Cc1cc(Cl)ccc1-n1cnnn1)N[C@@H](Cc1ccccc1)c1nc(-c2ccc3c(c2)CCC(=O)N3)c(Cl)[nH]1. The van der Waals surface area contributed by atoms with Crippen LogP contribution in [0.15, 0.2) is 79.1 Å². The lowest BCUT2D eigenvalue weighted by Crippen LogP contribution is -2.29. The van der Waals surface area contributed by atoms with Crippen molar-refractivity contribution in [2.24, 2.45) is 0 Å². The number of carbonyl (C=O) groups excluding carboxylic acids is 2. The summed E-state index contributed by atoms with van der Waals surface area (Å²) in [6, 6.07) is 20.2. The van der Waals surface area contributed by atoms with Crippen LogP contribution in [0.1, 0.15) is 35.0 Å². The zero-order valence-corrected chi connectivity index (χ0v) is 23.6. The topological polar surface area (TPSA) is 130 Å². The number of fused-ring (bicyclic) bond motifs is 1. The van der Waals surface area contributed by atoms with Crippen LogP contribution in [0, 0.1) is 0 Å². The van der Waals surface area contributed by atoms with Gasteiger partial charge in [0.1, 0.15) is 23.0 Å². The van der Waals surface area contributed by atoms with E-state index in [2.05, 4.69) is 31.1 Å². The van der Waals surface area contributed by atoms with Gasteiger partial charge in [-0.3, -0.25) is 9.59 Å². The third-order valence-corrected chi connectivity index (χ3v) is 7.39. The quantitative estimate of drug-likeness (QED) is 0.206. The van der Waals surface area contributed by atoms with Crippen LogP contribution in [-0.2, 0) is 22.4 Å². The molecule has 0 aliphatic carbocycles. The molecule has 10 nitrogen and oxygen atoms in total. The molecule has 2 amide bonds. The molecule has 3 heterocycles. The number of rotatable bonds is 8. The second kappa shape index (κ2) is 12.0. The first-order valence-corrected chi connectivity index (χ1v) is 13.9. The number of aromatic amines is 1. The average Bonchev–Trinajstić information content (AvgIpc) is 3.66. The van der Waals surface area contributed by atoms with Gasteiger partial charge in [-0.05, 0) is 70.8 Å². The Bertz CT molecular complexity index is 1780. The standard InChI is InChI=1S/C30H24Cl2N8O2/c31-22-9-11-25(40-17-33-38-39-40)20(16-22)8-13-27(42)35-24(14-18-4-2-1-3-5-18)30-36-28(29(32)37-30)21-6-10-23-19(15-21)7-12-26(41)34-23/h1-6,8-11,13,15-17,24H,7,12,14H2,(H,34,41)(H,35,42)(H,36,37)/t24-/m0/s1. The van der Waals surface area contributed by atoms with Crippen molar-refractivity contribution in [1.82, 2.24) is 35.5 Å². The molecule has 2 aromatic heterocycles. The number of halogens is 2. The summed E-state index contributed by atoms with van der Waals surface area (Å²) in [4.78, 5) is 33.0. The minimum atomic E-state index is -0.508. The second-order valence-electron chi connectivity index (χ2n) is 9.75. The normalized spacial score (nSPS) is 13.5. The fraction of sp³-hybridized carbons (Fsp3) is 0.133. The number of aryl methyl sites for hydroxylation is 1. The molecule has 5 aromatic rings. The number of hydrogen-bond donors (Lipinski definition) is 3. The Balaban J connectivity index is 1.27. The Hall–Kier alpha value is -4.80. The minimum Gasteiger partial charge on any atom is -0.342 e. The summed E-state index contributed by atoms with van der Waals surface area (Å²) in [5, 5.41) is 18.1. The number of amides is 2. The summed E-state index contributed by atoms with van der Waals surface area (Å²) >= 11 is 12.9. The van der Waals surface area contributed by atoms with Crippen molar-refractivity contribution in [3.05, 3.63) is 112 Å². The van der Waals surface area contributed by atoms with E-state index in [-0.39, 0.29) is 11.8 Å². The van der Waals surface area contributed by atoms with Crippen LogP contribution in [0.3, 0.4) is 0 Å². The zero-order chi connectivity index (χ0) is 29.1. The van der Waals surface area contributed by atoms with E-state index in [0.717, 1.165) is 22.4 Å². The van der Waals surface area contributed by atoms with Gasteiger partial charge in [0, 0.05) is 34.3 Å². The van der Waals surface area contributed by atoms with Crippen LogP contribution in [0.5, 0.6) is 0 Å². The number of nitrogens with one attached hydrogen (secondary N) is 3. The number of anilines is 1. The maximum absolute atomic E-state index is 13.2. The third kappa shape index (κ3) is 6.09. The van der Waals surface area contributed by atoms with Gasteiger partial charge < -0.3 is 15.6 Å². The Morgan fingerprint density at radius 3 is 2.74 bits per heavy atom. The van der Waals surface area contributed by atoms with E-state index in [1.165, 1.54) is 17.1 Å². The summed E-state index contributed by atoms with van der Waals surface area (Å²) in [5.74, 6) is 0.187. The highest BCUT2D eigenvalue weighted by Crippen LogP contribution is 2.33. The van der Waals surface area contributed by atoms with Crippen LogP contribution < -0.4 is 10.6 Å². The summed E-state index contributed by atoms with van der Waals surface area (Å²) in [6.07, 6.45) is 6.11. The average molecular weight is 599 g/mol. The number of hydrogen-bond acceptors (Lipinski definition) is 6. The Labute approximate surface area is 250 Å². The first kappa shape index (κ1) is 27.4. The molecular formula is C30H24Cl2N8O2. The molecule has 3 aromatic carbocycles. The molecule has 0 radical (unpaired) electrons. The summed E-state index contributed by atoms with van der Waals surface area (Å²) in [5.41, 5.74) is 5.55. The zero-order valence-electron chi connectivity index (χ0n) is 22.1. The molecule has 42 heavy (non-hydrogen) atoms. The summed E-state index contributed by atoms with van der Waals surface area (Å²) < 4.78 is 1.49. The number of imidazole rings is 1.